The van der Waals surface area contributed by atoms with Crippen molar-refractivity contribution >= 4 is 38.2 Å². The van der Waals surface area contributed by atoms with Gasteiger partial charge in [-0.3, -0.25) is 9.13 Å². The summed E-state index contributed by atoms with van der Waals surface area (Å²) in [5.74, 6) is 0.743. The molecule has 0 atom stereocenters. The van der Waals surface area contributed by atoms with Crippen LogP contribution in [0.5, 0.6) is 11.5 Å². The van der Waals surface area contributed by atoms with Gasteiger partial charge in [0.1, 0.15) is 0 Å². The molecule has 0 radical (unpaired) electrons. The quantitative estimate of drug-likeness (QED) is 0.480. The number of ether oxygens (including phenoxy) is 2. The van der Waals surface area contributed by atoms with Gasteiger partial charge in [0.05, 0.1) is 42.4 Å². The summed E-state index contributed by atoms with van der Waals surface area (Å²) in [5.41, 5.74) is -0.162. The second-order valence-corrected chi connectivity index (χ2v) is 9.22. The van der Waals surface area contributed by atoms with E-state index in [4.69, 9.17) is 21.1 Å². The van der Waals surface area contributed by atoms with Crippen LogP contribution in [-0.4, -0.2) is 43.9 Å². The number of aromatic nitrogens is 2. The molecule has 32 heavy (non-hydrogen) atoms. The number of hydrogen-bond acceptors (Lipinski definition) is 5. The molecule has 0 spiro atoms. The number of fused-ring (bicyclic) bond motifs is 1. The number of imidazole rings is 1. The third-order valence-electron chi connectivity index (χ3n) is 4.54. The van der Waals surface area contributed by atoms with Crippen molar-refractivity contribution in [3.8, 4) is 11.5 Å². The summed E-state index contributed by atoms with van der Waals surface area (Å²) in [6.07, 6.45) is -1.83. The fourth-order valence-corrected chi connectivity index (χ4v) is 4.15. The zero-order chi connectivity index (χ0) is 23.6. The molecule has 0 aliphatic heterocycles. The minimum absolute atomic E-state index is 0.0264. The van der Waals surface area contributed by atoms with Crippen molar-refractivity contribution in [3.63, 3.8) is 0 Å². The van der Waals surface area contributed by atoms with E-state index < -0.39 is 28.5 Å². The zero-order valence-electron chi connectivity index (χ0n) is 17.5. The Morgan fingerprint density at radius 1 is 1.16 bits per heavy atom. The molecule has 0 fully saturated rings. The molecule has 7 nitrogen and oxygen atoms in total. The SMILES string of the molecule is CCOc1cc(/C(=C\S(C)(=O)=O)n2c(=O)n(CC(F)F)c3cc(Cl)ccc32)ccc1OC. The van der Waals surface area contributed by atoms with Gasteiger partial charge in [0.2, 0.25) is 0 Å². The van der Waals surface area contributed by atoms with E-state index in [2.05, 4.69) is 0 Å². The summed E-state index contributed by atoms with van der Waals surface area (Å²) in [4.78, 5) is 13.2. The van der Waals surface area contributed by atoms with Crippen molar-refractivity contribution in [2.24, 2.45) is 0 Å². The third kappa shape index (κ3) is 4.97. The van der Waals surface area contributed by atoms with Crippen LogP contribution in [0.3, 0.4) is 0 Å². The predicted octanol–water partition coefficient (Wildman–Crippen LogP) is 4.02. The Kier molecular flexibility index (Phi) is 6.94. The van der Waals surface area contributed by atoms with Gasteiger partial charge in [0, 0.05) is 16.8 Å². The van der Waals surface area contributed by atoms with E-state index in [1.54, 1.807) is 19.1 Å². The first-order chi connectivity index (χ1) is 15.1. The van der Waals surface area contributed by atoms with Crippen LogP contribution in [0.25, 0.3) is 16.7 Å². The topological polar surface area (TPSA) is 79.5 Å². The van der Waals surface area contributed by atoms with Crippen LogP contribution in [0.4, 0.5) is 8.78 Å². The van der Waals surface area contributed by atoms with E-state index >= 15 is 0 Å². The average molecular weight is 487 g/mol. The number of methoxy groups -OCH3 is 1. The van der Waals surface area contributed by atoms with Gasteiger partial charge >= 0.3 is 5.69 Å². The zero-order valence-corrected chi connectivity index (χ0v) is 19.1. The summed E-state index contributed by atoms with van der Waals surface area (Å²) < 4.78 is 63.6. The minimum Gasteiger partial charge on any atom is -0.493 e. The normalized spacial score (nSPS) is 12.5. The predicted molar refractivity (Wildman–Crippen MR) is 120 cm³/mol. The monoisotopic (exact) mass is 486 g/mol. The minimum atomic E-state index is -3.75. The molecule has 3 aromatic rings. The molecule has 0 unspecified atom stereocenters. The highest BCUT2D eigenvalue weighted by molar-refractivity contribution is 7.93. The van der Waals surface area contributed by atoms with Crippen LogP contribution in [-0.2, 0) is 16.4 Å². The maximum atomic E-state index is 13.2. The van der Waals surface area contributed by atoms with Crippen molar-refractivity contribution in [2.45, 2.75) is 19.9 Å². The van der Waals surface area contributed by atoms with E-state index in [-0.39, 0.29) is 21.8 Å². The van der Waals surface area contributed by atoms with E-state index in [0.717, 1.165) is 20.8 Å². The number of nitrogens with zero attached hydrogens (tertiary/aromatic N) is 2. The standard InChI is InChI=1S/C21H21ClF2N2O5S/c1-4-31-19-9-13(5-8-18(19)30-2)17(12-32(3,28)29)26-15-7-6-14(22)10-16(15)25(21(26)27)11-20(23)24/h5-10,12,20H,4,11H2,1-3H3/b17-12+. The molecule has 172 valence electrons. The van der Waals surface area contributed by atoms with Crippen molar-refractivity contribution in [3.05, 3.63) is 62.9 Å². The first kappa shape index (κ1) is 23.8. The fraction of sp³-hybridized carbons (Fsp3) is 0.286. The van der Waals surface area contributed by atoms with Crippen LogP contribution >= 0.6 is 11.6 Å². The number of hydrogen-bond donors (Lipinski definition) is 0. The molecule has 1 aromatic heterocycles. The van der Waals surface area contributed by atoms with Crippen LogP contribution in [0.15, 0.2) is 46.6 Å². The van der Waals surface area contributed by atoms with Crippen LogP contribution in [0, 0.1) is 0 Å². The highest BCUT2D eigenvalue weighted by Crippen LogP contribution is 2.33. The molecule has 0 aliphatic rings. The maximum Gasteiger partial charge on any atom is 0.333 e. The molecule has 0 saturated carbocycles. The Balaban J connectivity index is 2.39. The third-order valence-corrected chi connectivity index (χ3v) is 5.42. The molecule has 0 saturated heterocycles. The highest BCUT2D eigenvalue weighted by atomic mass is 35.5. The molecule has 11 heteroatoms. The van der Waals surface area contributed by atoms with Crippen molar-refractivity contribution in [2.75, 3.05) is 20.0 Å². The number of sulfone groups is 1. The summed E-state index contributed by atoms with van der Waals surface area (Å²) in [7, 11) is -2.29. The van der Waals surface area contributed by atoms with Crippen molar-refractivity contribution in [1.29, 1.82) is 0 Å². The second-order valence-electron chi connectivity index (χ2n) is 6.88. The van der Waals surface area contributed by atoms with E-state index in [1.165, 1.54) is 31.4 Å². The molecular weight excluding hydrogens is 466 g/mol. The summed E-state index contributed by atoms with van der Waals surface area (Å²) in [6.45, 7) is 1.21. The lowest BCUT2D eigenvalue weighted by atomic mass is 10.1. The molecule has 0 aliphatic carbocycles. The summed E-state index contributed by atoms with van der Waals surface area (Å²) in [6, 6.07) is 8.99. The Labute approximate surface area is 188 Å². The smallest absolute Gasteiger partial charge is 0.333 e. The molecule has 0 amide bonds. The van der Waals surface area contributed by atoms with Gasteiger partial charge in [0.15, 0.2) is 21.3 Å². The number of alkyl halides is 2. The average Bonchev–Trinajstić information content (AvgIpc) is 2.96. The molecule has 2 aromatic carbocycles. The highest BCUT2D eigenvalue weighted by Gasteiger charge is 2.22. The first-order valence-electron chi connectivity index (χ1n) is 9.48. The first-order valence-corrected chi connectivity index (χ1v) is 11.8. The number of benzene rings is 2. The fourth-order valence-electron chi connectivity index (χ4n) is 3.33. The van der Waals surface area contributed by atoms with Gasteiger partial charge in [-0.25, -0.2) is 22.0 Å². The molecule has 1 heterocycles. The van der Waals surface area contributed by atoms with Gasteiger partial charge in [-0.1, -0.05) is 11.6 Å². The van der Waals surface area contributed by atoms with Gasteiger partial charge in [-0.2, -0.15) is 0 Å². The molecule has 0 N–H and O–H groups in total. The van der Waals surface area contributed by atoms with Crippen LogP contribution < -0.4 is 15.2 Å². The maximum absolute atomic E-state index is 13.2. The van der Waals surface area contributed by atoms with Crippen molar-refractivity contribution in [1.82, 2.24) is 9.13 Å². The Morgan fingerprint density at radius 3 is 2.47 bits per heavy atom. The second kappa shape index (κ2) is 9.33. The van der Waals surface area contributed by atoms with Gasteiger partial charge < -0.3 is 9.47 Å². The lowest BCUT2D eigenvalue weighted by Gasteiger charge is -2.14. The Hall–Kier alpha value is -2.85. The largest absolute Gasteiger partial charge is 0.493 e. The summed E-state index contributed by atoms with van der Waals surface area (Å²) in [5, 5.41) is 1.15. The van der Waals surface area contributed by atoms with Gasteiger partial charge in [-0.15, -0.1) is 0 Å². The number of rotatable bonds is 8. The van der Waals surface area contributed by atoms with E-state index in [1.807, 2.05) is 0 Å². The molecule has 0 bridgehead atoms. The van der Waals surface area contributed by atoms with E-state index in [9.17, 15) is 22.0 Å². The molecule has 3 rings (SSSR count). The molecular formula is C21H21ClF2N2O5S. The Bertz CT molecular complexity index is 1350. The van der Waals surface area contributed by atoms with Crippen LogP contribution in [0.2, 0.25) is 5.02 Å². The summed E-state index contributed by atoms with van der Waals surface area (Å²) >= 11 is 6.03. The number of halogens is 3. The van der Waals surface area contributed by atoms with Crippen LogP contribution in [0.1, 0.15) is 12.5 Å². The lowest BCUT2D eigenvalue weighted by molar-refractivity contribution is 0.126. The Morgan fingerprint density at radius 2 is 1.88 bits per heavy atom. The van der Waals surface area contributed by atoms with Gasteiger partial charge in [-0.05, 0) is 43.3 Å². The van der Waals surface area contributed by atoms with Crippen molar-refractivity contribution < 1.29 is 26.7 Å². The van der Waals surface area contributed by atoms with Gasteiger partial charge in [0.25, 0.3) is 6.43 Å². The lowest BCUT2D eigenvalue weighted by Crippen LogP contribution is -2.26. The van der Waals surface area contributed by atoms with E-state index in [0.29, 0.717) is 23.7 Å².